The van der Waals surface area contributed by atoms with E-state index < -0.39 is 20.0 Å². The molecular formula is C32H62N2O6P+. The maximum Gasteiger partial charge on any atom is 0.472 e. The number of hydrogen-bond acceptors (Lipinski definition) is 5. The van der Waals surface area contributed by atoms with Crippen LogP contribution in [-0.4, -0.2) is 73.4 Å². The van der Waals surface area contributed by atoms with Crippen LogP contribution < -0.4 is 5.32 Å². The van der Waals surface area contributed by atoms with Crippen LogP contribution in [0.25, 0.3) is 0 Å². The summed E-state index contributed by atoms with van der Waals surface area (Å²) in [6.07, 6.45) is 26.6. The van der Waals surface area contributed by atoms with Crippen molar-refractivity contribution in [3.05, 3.63) is 36.5 Å². The summed E-state index contributed by atoms with van der Waals surface area (Å²) in [5, 5.41) is 13.6. The summed E-state index contributed by atoms with van der Waals surface area (Å²) in [7, 11) is 1.53. The zero-order valence-electron chi connectivity index (χ0n) is 26.8. The molecular weight excluding hydrogens is 539 g/mol. The lowest BCUT2D eigenvalue weighted by Crippen LogP contribution is -2.45. The fourth-order valence-electron chi connectivity index (χ4n) is 3.95. The first-order valence-electron chi connectivity index (χ1n) is 15.9. The highest BCUT2D eigenvalue weighted by Gasteiger charge is 2.27. The van der Waals surface area contributed by atoms with Crippen LogP contribution in [0.15, 0.2) is 36.5 Å². The van der Waals surface area contributed by atoms with Crippen molar-refractivity contribution in [1.82, 2.24) is 5.32 Å². The lowest BCUT2D eigenvalue weighted by Gasteiger charge is -2.25. The zero-order chi connectivity index (χ0) is 30.8. The van der Waals surface area contributed by atoms with Gasteiger partial charge in [0, 0.05) is 6.42 Å². The highest BCUT2D eigenvalue weighted by molar-refractivity contribution is 7.47. The van der Waals surface area contributed by atoms with Gasteiger partial charge in [-0.15, -0.1) is 0 Å². The van der Waals surface area contributed by atoms with Crippen LogP contribution in [0.5, 0.6) is 0 Å². The van der Waals surface area contributed by atoms with E-state index in [0.717, 1.165) is 51.4 Å². The number of nitrogens with zero attached hydrogens (tertiary/aromatic N) is 1. The monoisotopic (exact) mass is 601 g/mol. The van der Waals surface area contributed by atoms with E-state index in [0.29, 0.717) is 17.4 Å². The van der Waals surface area contributed by atoms with Gasteiger partial charge in [-0.05, 0) is 44.9 Å². The summed E-state index contributed by atoms with van der Waals surface area (Å²) >= 11 is 0. The third kappa shape index (κ3) is 27.3. The van der Waals surface area contributed by atoms with Crippen LogP contribution in [-0.2, 0) is 18.4 Å². The molecule has 240 valence electrons. The minimum absolute atomic E-state index is 0.0531. The molecule has 0 aliphatic rings. The summed E-state index contributed by atoms with van der Waals surface area (Å²) in [6.45, 7) is 4.63. The molecule has 3 unspecified atom stereocenters. The van der Waals surface area contributed by atoms with E-state index >= 15 is 0 Å². The molecule has 3 N–H and O–H groups in total. The van der Waals surface area contributed by atoms with Gasteiger partial charge in [-0.25, -0.2) is 4.57 Å². The van der Waals surface area contributed by atoms with Crippen LogP contribution in [0.1, 0.15) is 110 Å². The van der Waals surface area contributed by atoms with Crippen LogP contribution in [0, 0.1) is 0 Å². The number of phosphoric acid groups is 1. The predicted molar refractivity (Wildman–Crippen MR) is 171 cm³/mol. The Bertz CT molecular complexity index is 779. The minimum atomic E-state index is -4.32. The predicted octanol–water partition coefficient (Wildman–Crippen LogP) is 7.23. The van der Waals surface area contributed by atoms with Crippen molar-refractivity contribution in [2.24, 2.45) is 0 Å². The average Bonchev–Trinajstić information content (AvgIpc) is 2.90. The third-order valence-corrected chi connectivity index (χ3v) is 7.57. The molecule has 41 heavy (non-hydrogen) atoms. The number of phosphoric ester groups is 1. The molecule has 0 bridgehead atoms. The summed E-state index contributed by atoms with van der Waals surface area (Å²) < 4.78 is 23.2. The second-order valence-corrected chi connectivity index (χ2v) is 13.3. The molecule has 0 aliphatic heterocycles. The van der Waals surface area contributed by atoms with Crippen molar-refractivity contribution in [3.63, 3.8) is 0 Å². The third-order valence-electron chi connectivity index (χ3n) is 6.59. The van der Waals surface area contributed by atoms with E-state index in [1.807, 2.05) is 27.2 Å². The van der Waals surface area contributed by atoms with Gasteiger partial charge in [-0.1, -0.05) is 95.2 Å². The number of carbonyl (C=O) groups excluding carboxylic acids is 1. The Hall–Kier alpha value is -1.28. The quantitative estimate of drug-likeness (QED) is 0.0397. The summed E-state index contributed by atoms with van der Waals surface area (Å²) in [6, 6.07) is -0.860. The first-order valence-corrected chi connectivity index (χ1v) is 17.4. The number of rotatable bonds is 27. The Kier molecular flexibility index (Phi) is 24.5. The van der Waals surface area contributed by atoms with Crippen molar-refractivity contribution in [1.29, 1.82) is 0 Å². The SMILES string of the molecule is CCCCC/C=C/CC/C=C/CC/C=C/C(O)C(COP(=O)(O)OCC[N+](C)(C)C)NC(=O)CCCCCCCC. The highest BCUT2D eigenvalue weighted by atomic mass is 31.2. The maximum atomic E-state index is 12.6. The van der Waals surface area contributed by atoms with E-state index in [9.17, 15) is 19.4 Å². The van der Waals surface area contributed by atoms with E-state index in [-0.39, 0.29) is 19.1 Å². The number of nitrogens with one attached hydrogen (secondary N) is 1. The van der Waals surface area contributed by atoms with Crippen LogP contribution in [0.2, 0.25) is 0 Å². The molecule has 0 radical (unpaired) electrons. The number of allylic oxidation sites excluding steroid dienone is 5. The number of unbranched alkanes of at least 4 members (excludes halogenated alkanes) is 10. The number of quaternary nitrogens is 1. The fraction of sp³-hybridized carbons (Fsp3) is 0.781. The summed E-state index contributed by atoms with van der Waals surface area (Å²) in [5.74, 6) is -0.206. The number of aliphatic hydroxyl groups is 1. The number of carbonyl (C=O) groups is 1. The number of aliphatic hydroxyl groups excluding tert-OH is 1. The molecule has 1 amide bonds. The van der Waals surface area contributed by atoms with E-state index in [1.165, 1.54) is 38.5 Å². The molecule has 0 saturated carbocycles. The van der Waals surface area contributed by atoms with Gasteiger partial charge in [0.25, 0.3) is 0 Å². The zero-order valence-corrected chi connectivity index (χ0v) is 27.7. The molecule has 9 heteroatoms. The van der Waals surface area contributed by atoms with E-state index in [4.69, 9.17) is 9.05 Å². The van der Waals surface area contributed by atoms with Gasteiger partial charge >= 0.3 is 7.82 Å². The number of hydrogen-bond donors (Lipinski definition) is 3. The Labute approximate surface area is 251 Å². The molecule has 0 aromatic heterocycles. The van der Waals surface area contributed by atoms with Crippen LogP contribution >= 0.6 is 7.82 Å². The van der Waals surface area contributed by atoms with Crippen molar-refractivity contribution in [2.75, 3.05) is 40.9 Å². The fourth-order valence-corrected chi connectivity index (χ4v) is 4.69. The Balaban J connectivity index is 4.72. The molecule has 0 aliphatic carbocycles. The van der Waals surface area contributed by atoms with Crippen LogP contribution in [0.4, 0.5) is 0 Å². The van der Waals surface area contributed by atoms with Crippen molar-refractivity contribution in [3.8, 4) is 0 Å². The number of likely N-dealkylation sites (N-methyl/N-ethyl adjacent to an activating group) is 1. The maximum absolute atomic E-state index is 12.6. The lowest BCUT2D eigenvalue weighted by atomic mass is 10.1. The van der Waals surface area contributed by atoms with Gasteiger partial charge in [-0.2, -0.15) is 0 Å². The van der Waals surface area contributed by atoms with Gasteiger partial charge in [-0.3, -0.25) is 13.8 Å². The first-order chi connectivity index (χ1) is 19.5. The summed E-state index contributed by atoms with van der Waals surface area (Å²) in [5.41, 5.74) is 0. The van der Waals surface area contributed by atoms with E-state index in [2.05, 4.69) is 43.5 Å². The summed E-state index contributed by atoms with van der Waals surface area (Å²) in [4.78, 5) is 22.7. The largest absolute Gasteiger partial charge is 0.472 e. The highest BCUT2D eigenvalue weighted by Crippen LogP contribution is 2.43. The molecule has 0 heterocycles. The Morgan fingerprint density at radius 2 is 1.34 bits per heavy atom. The smallest absolute Gasteiger partial charge is 0.387 e. The molecule has 0 aromatic carbocycles. The minimum Gasteiger partial charge on any atom is -0.387 e. The first kappa shape index (κ1) is 39.7. The molecule has 0 spiro atoms. The van der Waals surface area contributed by atoms with E-state index in [1.54, 1.807) is 6.08 Å². The topological polar surface area (TPSA) is 105 Å². The van der Waals surface area contributed by atoms with Gasteiger partial charge < -0.3 is 19.8 Å². The Morgan fingerprint density at radius 3 is 1.95 bits per heavy atom. The van der Waals surface area contributed by atoms with Gasteiger partial charge in [0.2, 0.25) is 5.91 Å². The molecule has 3 atom stereocenters. The lowest BCUT2D eigenvalue weighted by molar-refractivity contribution is -0.870. The van der Waals surface area contributed by atoms with Crippen molar-refractivity contribution in [2.45, 2.75) is 122 Å². The van der Waals surface area contributed by atoms with Crippen LogP contribution in [0.3, 0.4) is 0 Å². The normalized spacial score (nSPS) is 15.6. The second-order valence-electron chi connectivity index (χ2n) is 11.8. The molecule has 0 rings (SSSR count). The van der Waals surface area contributed by atoms with Crippen molar-refractivity contribution < 1.29 is 32.9 Å². The second kappa shape index (κ2) is 25.2. The Morgan fingerprint density at radius 1 is 0.805 bits per heavy atom. The molecule has 0 fully saturated rings. The molecule has 0 aromatic rings. The average molecular weight is 602 g/mol. The van der Waals surface area contributed by atoms with Gasteiger partial charge in [0.15, 0.2) is 0 Å². The van der Waals surface area contributed by atoms with Gasteiger partial charge in [0.1, 0.15) is 13.2 Å². The number of amides is 1. The standard InChI is InChI=1S/C32H61N2O6P/c1-6-8-10-12-14-15-16-17-18-19-20-21-23-25-31(35)30(33-32(36)26-24-22-13-11-9-7-2)29-40-41(37,38)39-28-27-34(3,4)5/h14-15,18-19,23,25,30-31,35H,6-13,16-17,20-22,24,26-29H2,1-5H3,(H-,33,36,37,38)/p+1/b15-14+,19-18+,25-23+. The van der Waals surface area contributed by atoms with Crippen molar-refractivity contribution >= 4 is 13.7 Å². The molecule has 0 saturated heterocycles. The molecule has 8 nitrogen and oxygen atoms in total. The van der Waals surface area contributed by atoms with Gasteiger partial charge in [0.05, 0.1) is 39.9 Å².